The first-order valence-electron chi connectivity index (χ1n) is 5.44. The van der Waals surface area contributed by atoms with Gasteiger partial charge in [0.15, 0.2) is 0 Å². The summed E-state index contributed by atoms with van der Waals surface area (Å²) in [6, 6.07) is 9.21. The molecule has 0 unspecified atom stereocenters. The Labute approximate surface area is 104 Å². The number of carbonyl (C=O) groups is 1. The third kappa shape index (κ3) is 2.65. The highest BCUT2D eigenvalue weighted by atomic mass is 32.1. The summed E-state index contributed by atoms with van der Waals surface area (Å²) in [6.45, 7) is 2.04. The van der Waals surface area contributed by atoms with E-state index in [1.165, 1.54) is 11.3 Å². The minimum Gasteiger partial charge on any atom is -0.399 e. The molecule has 0 atom stereocenters. The lowest BCUT2D eigenvalue weighted by Crippen LogP contribution is -2.11. The summed E-state index contributed by atoms with van der Waals surface area (Å²) in [5, 5.41) is 4.79. The number of nitrogens with one attached hydrogen (secondary N) is 1. The standard InChI is InChI=1S/C13H14N2OS/c1-2-9-8-10(14)5-6-11(9)15-13(16)12-4-3-7-17-12/h3-8H,2,14H2,1H3,(H,15,16). The number of hydrogen-bond donors (Lipinski definition) is 2. The van der Waals surface area contributed by atoms with Crippen LogP contribution in [-0.4, -0.2) is 5.91 Å². The zero-order chi connectivity index (χ0) is 12.3. The lowest BCUT2D eigenvalue weighted by molar-refractivity contribution is 0.103. The smallest absolute Gasteiger partial charge is 0.265 e. The van der Waals surface area contributed by atoms with Crippen LogP contribution in [0.15, 0.2) is 35.7 Å². The van der Waals surface area contributed by atoms with E-state index in [2.05, 4.69) is 5.32 Å². The van der Waals surface area contributed by atoms with Crippen molar-refractivity contribution < 1.29 is 4.79 Å². The maximum absolute atomic E-state index is 11.9. The summed E-state index contributed by atoms with van der Waals surface area (Å²) in [7, 11) is 0. The molecule has 0 spiro atoms. The van der Waals surface area contributed by atoms with E-state index >= 15 is 0 Å². The minimum absolute atomic E-state index is 0.0699. The molecule has 0 saturated carbocycles. The van der Waals surface area contributed by atoms with Crippen LogP contribution in [0.3, 0.4) is 0 Å². The van der Waals surface area contributed by atoms with Gasteiger partial charge in [0.1, 0.15) is 0 Å². The Hall–Kier alpha value is -1.81. The van der Waals surface area contributed by atoms with Crippen LogP contribution in [0.5, 0.6) is 0 Å². The van der Waals surface area contributed by atoms with Gasteiger partial charge < -0.3 is 11.1 Å². The zero-order valence-corrected chi connectivity index (χ0v) is 10.4. The molecule has 0 radical (unpaired) electrons. The number of thiophene rings is 1. The van der Waals surface area contributed by atoms with Gasteiger partial charge in [0.25, 0.3) is 5.91 Å². The van der Waals surface area contributed by atoms with E-state index < -0.39 is 0 Å². The molecule has 0 aliphatic carbocycles. The van der Waals surface area contributed by atoms with E-state index in [1.807, 2.05) is 36.6 Å². The van der Waals surface area contributed by atoms with Gasteiger partial charge in [-0.1, -0.05) is 13.0 Å². The van der Waals surface area contributed by atoms with Gasteiger partial charge in [-0.25, -0.2) is 0 Å². The highest BCUT2D eigenvalue weighted by Crippen LogP contribution is 2.21. The zero-order valence-electron chi connectivity index (χ0n) is 9.57. The first-order valence-corrected chi connectivity index (χ1v) is 6.32. The van der Waals surface area contributed by atoms with Crippen molar-refractivity contribution in [1.29, 1.82) is 0 Å². The molecule has 4 heteroatoms. The Balaban J connectivity index is 2.21. The van der Waals surface area contributed by atoms with Gasteiger partial charge in [0, 0.05) is 11.4 Å². The number of anilines is 2. The fraction of sp³-hybridized carbons (Fsp3) is 0.154. The van der Waals surface area contributed by atoms with E-state index in [0.717, 1.165) is 23.4 Å². The van der Waals surface area contributed by atoms with Crippen molar-refractivity contribution in [2.45, 2.75) is 13.3 Å². The predicted octanol–water partition coefficient (Wildman–Crippen LogP) is 3.15. The molecule has 3 N–H and O–H groups in total. The molecule has 0 saturated heterocycles. The number of carbonyl (C=O) groups excluding carboxylic acids is 1. The first kappa shape index (κ1) is 11.7. The second-order valence-corrected chi connectivity index (χ2v) is 4.65. The van der Waals surface area contributed by atoms with Crippen molar-refractivity contribution in [3.63, 3.8) is 0 Å². The minimum atomic E-state index is -0.0699. The fourth-order valence-electron chi connectivity index (χ4n) is 1.62. The van der Waals surface area contributed by atoms with Crippen molar-refractivity contribution in [2.24, 2.45) is 0 Å². The van der Waals surface area contributed by atoms with Crippen LogP contribution >= 0.6 is 11.3 Å². The number of benzene rings is 1. The molecule has 88 valence electrons. The Morgan fingerprint density at radius 3 is 2.88 bits per heavy atom. The molecule has 0 fully saturated rings. The summed E-state index contributed by atoms with van der Waals surface area (Å²) < 4.78 is 0. The van der Waals surface area contributed by atoms with Crippen LogP contribution in [0.25, 0.3) is 0 Å². The summed E-state index contributed by atoms with van der Waals surface area (Å²) in [4.78, 5) is 12.6. The van der Waals surface area contributed by atoms with Crippen LogP contribution in [0.4, 0.5) is 11.4 Å². The van der Waals surface area contributed by atoms with Gasteiger partial charge in [-0.05, 0) is 41.6 Å². The quantitative estimate of drug-likeness (QED) is 0.817. The molecule has 2 rings (SSSR count). The third-order valence-electron chi connectivity index (χ3n) is 2.50. The lowest BCUT2D eigenvalue weighted by atomic mass is 10.1. The Bertz CT molecular complexity index is 520. The van der Waals surface area contributed by atoms with Gasteiger partial charge in [-0.3, -0.25) is 4.79 Å². The maximum Gasteiger partial charge on any atom is 0.265 e. The average Bonchev–Trinajstić information content (AvgIpc) is 2.85. The van der Waals surface area contributed by atoms with Gasteiger partial charge in [-0.2, -0.15) is 0 Å². The molecule has 1 aromatic heterocycles. The molecule has 0 aliphatic heterocycles. The molecule has 3 nitrogen and oxygen atoms in total. The van der Waals surface area contributed by atoms with Gasteiger partial charge >= 0.3 is 0 Å². The topological polar surface area (TPSA) is 55.1 Å². The van der Waals surface area contributed by atoms with Crippen LogP contribution in [-0.2, 0) is 6.42 Å². The van der Waals surface area contributed by atoms with E-state index in [-0.39, 0.29) is 5.91 Å². The summed E-state index contributed by atoms with van der Waals surface area (Å²) in [5.41, 5.74) is 8.32. The molecule has 1 amide bonds. The lowest BCUT2D eigenvalue weighted by Gasteiger charge is -2.09. The second-order valence-electron chi connectivity index (χ2n) is 3.70. The van der Waals surface area contributed by atoms with Crippen LogP contribution in [0.2, 0.25) is 0 Å². The largest absolute Gasteiger partial charge is 0.399 e. The van der Waals surface area contributed by atoms with Crippen molar-refractivity contribution in [2.75, 3.05) is 11.1 Å². The van der Waals surface area contributed by atoms with Gasteiger partial charge in [-0.15, -0.1) is 11.3 Å². The first-order chi connectivity index (χ1) is 8.20. The van der Waals surface area contributed by atoms with E-state index in [1.54, 1.807) is 6.07 Å². The number of nitrogen functional groups attached to an aromatic ring is 1. The van der Waals surface area contributed by atoms with E-state index in [4.69, 9.17) is 5.73 Å². The number of aryl methyl sites for hydroxylation is 1. The van der Waals surface area contributed by atoms with Crippen molar-refractivity contribution in [1.82, 2.24) is 0 Å². The molecule has 2 aromatic rings. The predicted molar refractivity (Wildman–Crippen MR) is 72.5 cm³/mol. The van der Waals surface area contributed by atoms with Gasteiger partial charge in [0.05, 0.1) is 4.88 Å². The Morgan fingerprint density at radius 2 is 2.24 bits per heavy atom. The number of amides is 1. The second kappa shape index (κ2) is 5.01. The summed E-state index contributed by atoms with van der Waals surface area (Å²) in [5.74, 6) is -0.0699. The number of rotatable bonds is 3. The van der Waals surface area contributed by atoms with Crippen LogP contribution in [0, 0.1) is 0 Å². The number of nitrogens with two attached hydrogens (primary N) is 1. The van der Waals surface area contributed by atoms with Gasteiger partial charge in [0.2, 0.25) is 0 Å². The van der Waals surface area contributed by atoms with E-state index in [0.29, 0.717) is 4.88 Å². The molecule has 1 aromatic carbocycles. The summed E-state index contributed by atoms with van der Waals surface area (Å²) >= 11 is 1.43. The normalized spacial score (nSPS) is 10.2. The Morgan fingerprint density at radius 1 is 1.41 bits per heavy atom. The highest BCUT2D eigenvalue weighted by Gasteiger charge is 2.09. The van der Waals surface area contributed by atoms with Crippen molar-refractivity contribution in [3.05, 3.63) is 46.2 Å². The summed E-state index contributed by atoms with van der Waals surface area (Å²) in [6.07, 6.45) is 0.838. The molecular weight excluding hydrogens is 232 g/mol. The molecule has 1 heterocycles. The highest BCUT2D eigenvalue weighted by molar-refractivity contribution is 7.12. The molecule has 17 heavy (non-hydrogen) atoms. The third-order valence-corrected chi connectivity index (χ3v) is 3.37. The maximum atomic E-state index is 11.9. The van der Waals surface area contributed by atoms with Crippen molar-refractivity contribution >= 4 is 28.6 Å². The monoisotopic (exact) mass is 246 g/mol. The van der Waals surface area contributed by atoms with Crippen LogP contribution in [0.1, 0.15) is 22.2 Å². The average molecular weight is 246 g/mol. The van der Waals surface area contributed by atoms with Crippen molar-refractivity contribution in [3.8, 4) is 0 Å². The molecule has 0 bridgehead atoms. The molecule has 0 aliphatic rings. The van der Waals surface area contributed by atoms with Crippen LogP contribution < -0.4 is 11.1 Å². The SMILES string of the molecule is CCc1cc(N)ccc1NC(=O)c1cccs1. The Kier molecular flexibility index (Phi) is 3.44. The molecular formula is C13H14N2OS. The van der Waals surface area contributed by atoms with E-state index in [9.17, 15) is 4.79 Å². The number of hydrogen-bond acceptors (Lipinski definition) is 3. The fourth-order valence-corrected chi connectivity index (χ4v) is 2.24.